The summed E-state index contributed by atoms with van der Waals surface area (Å²) in [7, 11) is 0. The van der Waals surface area contributed by atoms with Gasteiger partial charge in [-0.2, -0.15) is 0 Å². The van der Waals surface area contributed by atoms with Crippen molar-refractivity contribution in [3.8, 4) is 0 Å². The second-order valence-corrected chi connectivity index (χ2v) is 5.65. The minimum atomic E-state index is -0.0582. The summed E-state index contributed by atoms with van der Waals surface area (Å²) in [6.07, 6.45) is 3.62. The molecule has 1 aliphatic carbocycles. The zero-order valence-electron chi connectivity index (χ0n) is 9.77. The van der Waals surface area contributed by atoms with Crippen molar-refractivity contribution in [2.45, 2.75) is 18.8 Å². The van der Waals surface area contributed by atoms with Gasteiger partial charge in [0.05, 0.1) is 11.6 Å². The first-order valence-corrected chi connectivity index (χ1v) is 7.08. The SMILES string of the molecule is O=C(c1ccccc1I)C1CCc2cccnc21. The van der Waals surface area contributed by atoms with Crippen molar-refractivity contribution in [3.05, 3.63) is 63.0 Å². The second-order valence-electron chi connectivity index (χ2n) is 4.48. The number of benzene rings is 1. The molecule has 2 aromatic rings. The molecule has 18 heavy (non-hydrogen) atoms. The van der Waals surface area contributed by atoms with Gasteiger partial charge in [0, 0.05) is 15.3 Å². The van der Waals surface area contributed by atoms with Crippen LogP contribution < -0.4 is 0 Å². The van der Waals surface area contributed by atoms with Crippen molar-refractivity contribution in [2.75, 3.05) is 0 Å². The Hall–Kier alpha value is -1.23. The number of ketones is 1. The molecular formula is C15H12INO. The van der Waals surface area contributed by atoms with E-state index in [2.05, 4.69) is 33.6 Å². The van der Waals surface area contributed by atoms with Gasteiger partial charge in [0.15, 0.2) is 5.78 Å². The van der Waals surface area contributed by atoms with E-state index in [0.717, 1.165) is 27.7 Å². The number of nitrogens with zero attached hydrogens (tertiary/aromatic N) is 1. The highest BCUT2D eigenvalue weighted by Gasteiger charge is 2.30. The Balaban J connectivity index is 1.99. The van der Waals surface area contributed by atoms with Crippen molar-refractivity contribution in [1.29, 1.82) is 0 Å². The van der Waals surface area contributed by atoms with Crippen LogP contribution in [-0.4, -0.2) is 10.8 Å². The number of Topliss-reactive ketones (excluding diaryl/α,β-unsaturated/α-hetero) is 1. The Morgan fingerprint density at radius 3 is 2.89 bits per heavy atom. The fourth-order valence-electron chi connectivity index (χ4n) is 2.52. The maximum atomic E-state index is 12.6. The summed E-state index contributed by atoms with van der Waals surface area (Å²) >= 11 is 2.22. The lowest BCUT2D eigenvalue weighted by Crippen LogP contribution is -2.12. The van der Waals surface area contributed by atoms with Gasteiger partial charge in [-0.3, -0.25) is 9.78 Å². The van der Waals surface area contributed by atoms with E-state index in [1.54, 1.807) is 6.20 Å². The first kappa shape index (κ1) is 11.8. The molecule has 0 bridgehead atoms. The van der Waals surface area contributed by atoms with Gasteiger partial charge in [-0.25, -0.2) is 0 Å². The van der Waals surface area contributed by atoms with E-state index in [4.69, 9.17) is 0 Å². The summed E-state index contributed by atoms with van der Waals surface area (Å²) in [6.45, 7) is 0. The Morgan fingerprint density at radius 1 is 1.22 bits per heavy atom. The molecule has 0 spiro atoms. The van der Waals surface area contributed by atoms with E-state index in [9.17, 15) is 4.79 Å². The molecule has 2 nitrogen and oxygen atoms in total. The molecule has 0 radical (unpaired) electrons. The summed E-state index contributed by atoms with van der Waals surface area (Å²) in [4.78, 5) is 17.0. The molecular weight excluding hydrogens is 337 g/mol. The third-order valence-corrected chi connectivity index (χ3v) is 4.36. The van der Waals surface area contributed by atoms with Crippen LogP contribution in [0.5, 0.6) is 0 Å². The average Bonchev–Trinajstić information content (AvgIpc) is 2.82. The number of aryl methyl sites for hydroxylation is 1. The second kappa shape index (κ2) is 4.80. The van der Waals surface area contributed by atoms with Gasteiger partial charge >= 0.3 is 0 Å². The van der Waals surface area contributed by atoms with Crippen molar-refractivity contribution < 1.29 is 4.79 Å². The van der Waals surface area contributed by atoms with Gasteiger partial charge in [0.25, 0.3) is 0 Å². The number of hydrogen-bond donors (Lipinski definition) is 0. The normalized spacial score (nSPS) is 17.5. The lowest BCUT2D eigenvalue weighted by Gasteiger charge is -2.10. The van der Waals surface area contributed by atoms with Crippen LogP contribution >= 0.6 is 22.6 Å². The summed E-state index contributed by atoms with van der Waals surface area (Å²) in [6, 6.07) is 11.8. The molecule has 1 atom stereocenters. The predicted molar refractivity (Wildman–Crippen MR) is 78.8 cm³/mol. The van der Waals surface area contributed by atoms with Crippen molar-refractivity contribution in [3.63, 3.8) is 0 Å². The van der Waals surface area contributed by atoms with Crippen LogP contribution in [0.2, 0.25) is 0 Å². The van der Waals surface area contributed by atoms with Crippen molar-refractivity contribution in [2.24, 2.45) is 0 Å². The van der Waals surface area contributed by atoms with Gasteiger partial charge in [0.2, 0.25) is 0 Å². The Bertz CT molecular complexity index is 609. The highest BCUT2D eigenvalue weighted by molar-refractivity contribution is 14.1. The molecule has 3 heteroatoms. The monoisotopic (exact) mass is 349 g/mol. The Kier molecular flexibility index (Phi) is 3.16. The van der Waals surface area contributed by atoms with Gasteiger partial charge in [-0.15, -0.1) is 0 Å². The number of hydrogen-bond acceptors (Lipinski definition) is 2. The zero-order chi connectivity index (χ0) is 12.5. The summed E-state index contributed by atoms with van der Waals surface area (Å²) in [5.74, 6) is 0.148. The highest BCUT2D eigenvalue weighted by Crippen LogP contribution is 2.34. The van der Waals surface area contributed by atoms with Crippen molar-refractivity contribution >= 4 is 28.4 Å². The quantitative estimate of drug-likeness (QED) is 0.613. The van der Waals surface area contributed by atoms with E-state index in [-0.39, 0.29) is 11.7 Å². The lowest BCUT2D eigenvalue weighted by atomic mass is 9.95. The number of rotatable bonds is 2. The van der Waals surface area contributed by atoms with Crippen LogP contribution in [0.4, 0.5) is 0 Å². The number of aromatic nitrogens is 1. The average molecular weight is 349 g/mol. The Labute approximate surface area is 120 Å². The summed E-state index contributed by atoms with van der Waals surface area (Å²) in [5.41, 5.74) is 3.02. The standard InChI is InChI=1S/C15H12INO/c16-13-6-2-1-5-11(13)15(18)12-8-7-10-4-3-9-17-14(10)12/h1-6,9,12H,7-8H2. The molecule has 1 aliphatic rings. The van der Waals surface area contributed by atoms with Crippen LogP contribution in [0.3, 0.4) is 0 Å². The maximum Gasteiger partial charge on any atom is 0.172 e. The molecule has 90 valence electrons. The van der Waals surface area contributed by atoms with Crippen LogP contribution in [0.25, 0.3) is 0 Å². The van der Waals surface area contributed by atoms with E-state index >= 15 is 0 Å². The molecule has 1 heterocycles. The molecule has 0 saturated heterocycles. The first-order chi connectivity index (χ1) is 8.77. The Morgan fingerprint density at radius 2 is 2.06 bits per heavy atom. The molecule has 1 aromatic heterocycles. The number of halogens is 1. The number of fused-ring (bicyclic) bond motifs is 1. The fraction of sp³-hybridized carbons (Fsp3) is 0.200. The largest absolute Gasteiger partial charge is 0.293 e. The maximum absolute atomic E-state index is 12.6. The molecule has 0 amide bonds. The number of carbonyl (C=O) groups excluding carboxylic acids is 1. The molecule has 0 N–H and O–H groups in total. The summed E-state index contributed by atoms with van der Waals surface area (Å²) in [5, 5.41) is 0. The lowest BCUT2D eigenvalue weighted by molar-refractivity contribution is 0.0957. The first-order valence-electron chi connectivity index (χ1n) is 6.00. The third kappa shape index (κ3) is 1.96. The molecule has 0 saturated carbocycles. The number of pyridine rings is 1. The van der Waals surface area contributed by atoms with Gasteiger partial charge in [-0.1, -0.05) is 24.3 Å². The highest BCUT2D eigenvalue weighted by atomic mass is 127. The zero-order valence-corrected chi connectivity index (χ0v) is 11.9. The van der Waals surface area contributed by atoms with Crippen LogP contribution in [0.15, 0.2) is 42.6 Å². The van der Waals surface area contributed by atoms with Crippen LogP contribution in [0.1, 0.15) is 34.0 Å². The third-order valence-electron chi connectivity index (χ3n) is 3.41. The van der Waals surface area contributed by atoms with E-state index in [1.807, 2.05) is 30.3 Å². The molecule has 0 fully saturated rings. The van der Waals surface area contributed by atoms with Gasteiger partial charge < -0.3 is 0 Å². The van der Waals surface area contributed by atoms with Crippen LogP contribution in [0, 0.1) is 3.57 Å². The fourth-order valence-corrected chi connectivity index (χ4v) is 3.17. The van der Waals surface area contributed by atoms with Crippen LogP contribution in [-0.2, 0) is 6.42 Å². The molecule has 1 unspecified atom stereocenters. The van der Waals surface area contributed by atoms with E-state index in [0.29, 0.717) is 0 Å². The van der Waals surface area contributed by atoms with Gasteiger partial charge in [0.1, 0.15) is 0 Å². The minimum absolute atomic E-state index is 0.0582. The minimum Gasteiger partial charge on any atom is -0.293 e. The number of carbonyl (C=O) groups is 1. The smallest absolute Gasteiger partial charge is 0.172 e. The molecule has 3 rings (SSSR count). The van der Waals surface area contributed by atoms with E-state index in [1.165, 1.54) is 5.56 Å². The van der Waals surface area contributed by atoms with Gasteiger partial charge in [-0.05, 0) is 53.1 Å². The topological polar surface area (TPSA) is 30.0 Å². The van der Waals surface area contributed by atoms with E-state index < -0.39 is 0 Å². The molecule has 1 aromatic carbocycles. The van der Waals surface area contributed by atoms with Crippen molar-refractivity contribution in [1.82, 2.24) is 4.98 Å². The molecule has 0 aliphatic heterocycles. The predicted octanol–water partition coefficient (Wildman–Crippen LogP) is 3.60. The summed E-state index contributed by atoms with van der Waals surface area (Å²) < 4.78 is 1.02.